The highest BCUT2D eigenvalue weighted by Crippen LogP contribution is 2.51. The van der Waals surface area contributed by atoms with E-state index in [1.165, 1.54) is 19.3 Å². The first-order valence-electron chi connectivity index (χ1n) is 10.7. The highest BCUT2D eigenvalue weighted by Gasteiger charge is 2.48. The highest BCUT2D eigenvalue weighted by molar-refractivity contribution is 7.92. The highest BCUT2D eigenvalue weighted by atomic mass is 32.2. The van der Waals surface area contributed by atoms with Gasteiger partial charge in [-0.2, -0.15) is 0 Å². The number of anilines is 1. The topological polar surface area (TPSA) is 75.2 Å². The standard InChI is InChI=1S/C23H25N3O3S/c1-25-12-19(17-7-10-24-21(17)22(25)27)18-11-16(30(28,29)15-3-4-15)5-6-20(18)26-13-23(14-26)8-2-9-23/h5-7,10-12,15,24H,2-4,8-9,13-14H2,1H3. The summed E-state index contributed by atoms with van der Waals surface area (Å²) in [6, 6.07) is 7.48. The molecule has 2 aromatic heterocycles. The van der Waals surface area contributed by atoms with Crippen LogP contribution in [0.5, 0.6) is 0 Å². The minimum atomic E-state index is -3.30. The van der Waals surface area contributed by atoms with Gasteiger partial charge in [0.05, 0.1) is 10.1 Å². The number of rotatable bonds is 4. The molecule has 1 saturated heterocycles. The van der Waals surface area contributed by atoms with Crippen molar-refractivity contribution in [3.05, 3.63) is 47.0 Å². The molecule has 6 nitrogen and oxygen atoms in total. The third kappa shape index (κ3) is 2.54. The quantitative estimate of drug-likeness (QED) is 0.697. The Labute approximate surface area is 175 Å². The minimum Gasteiger partial charge on any atom is -0.370 e. The number of aromatic nitrogens is 2. The van der Waals surface area contributed by atoms with E-state index in [1.807, 2.05) is 24.4 Å². The van der Waals surface area contributed by atoms with Crippen LogP contribution in [-0.2, 0) is 16.9 Å². The fourth-order valence-electron chi connectivity index (χ4n) is 5.16. The molecule has 6 rings (SSSR count). The molecule has 1 aliphatic heterocycles. The molecule has 2 aliphatic carbocycles. The van der Waals surface area contributed by atoms with Crippen molar-refractivity contribution < 1.29 is 8.42 Å². The molecule has 2 saturated carbocycles. The zero-order valence-electron chi connectivity index (χ0n) is 17.0. The maximum atomic E-state index is 13.0. The molecule has 0 bridgehead atoms. The van der Waals surface area contributed by atoms with Crippen LogP contribution in [0.3, 0.4) is 0 Å². The van der Waals surface area contributed by atoms with Crippen LogP contribution in [0.25, 0.3) is 22.0 Å². The molecule has 1 spiro atoms. The van der Waals surface area contributed by atoms with Gasteiger partial charge in [-0.15, -0.1) is 0 Å². The first kappa shape index (κ1) is 18.2. The molecular formula is C23H25N3O3S. The molecular weight excluding hydrogens is 398 g/mol. The number of aryl methyl sites for hydroxylation is 1. The Balaban J connectivity index is 1.54. The molecule has 7 heteroatoms. The van der Waals surface area contributed by atoms with Crippen molar-refractivity contribution in [3.8, 4) is 11.1 Å². The number of H-pyrrole nitrogens is 1. The van der Waals surface area contributed by atoms with Gasteiger partial charge in [0.15, 0.2) is 9.84 Å². The van der Waals surface area contributed by atoms with Crippen molar-refractivity contribution in [1.82, 2.24) is 9.55 Å². The summed E-state index contributed by atoms with van der Waals surface area (Å²) in [5.41, 5.74) is 3.78. The average molecular weight is 424 g/mol. The normalized spacial score (nSPS) is 20.4. The molecule has 0 amide bonds. The second-order valence-electron chi connectivity index (χ2n) is 9.36. The summed E-state index contributed by atoms with van der Waals surface area (Å²) in [6.45, 7) is 2.05. The van der Waals surface area contributed by atoms with E-state index < -0.39 is 9.84 Å². The second-order valence-corrected chi connectivity index (χ2v) is 11.6. The number of aromatic amines is 1. The van der Waals surface area contributed by atoms with Crippen LogP contribution in [0.2, 0.25) is 0 Å². The summed E-state index contributed by atoms with van der Waals surface area (Å²) in [5.74, 6) is 0. The van der Waals surface area contributed by atoms with Crippen LogP contribution in [0.15, 0.2) is 46.3 Å². The van der Waals surface area contributed by atoms with E-state index in [1.54, 1.807) is 23.9 Å². The molecule has 3 aliphatic rings. The van der Waals surface area contributed by atoms with Crippen molar-refractivity contribution in [2.75, 3.05) is 18.0 Å². The third-order valence-corrected chi connectivity index (χ3v) is 9.51. The average Bonchev–Trinajstić information content (AvgIpc) is 3.41. The lowest BCUT2D eigenvalue weighted by Gasteiger charge is -2.57. The Morgan fingerprint density at radius 1 is 1.10 bits per heavy atom. The Bertz CT molecular complexity index is 1340. The lowest BCUT2D eigenvalue weighted by molar-refractivity contribution is 0.0905. The zero-order chi connectivity index (χ0) is 20.7. The van der Waals surface area contributed by atoms with E-state index in [0.717, 1.165) is 48.1 Å². The summed E-state index contributed by atoms with van der Waals surface area (Å²) in [7, 11) is -1.56. The molecule has 0 unspecified atom stereocenters. The van der Waals surface area contributed by atoms with E-state index >= 15 is 0 Å². The predicted octanol–water partition coefficient (Wildman–Crippen LogP) is 3.46. The van der Waals surface area contributed by atoms with Crippen molar-refractivity contribution >= 4 is 26.4 Å². The summed E-state index contributed by atoms with van der Waals surface area (Å²) in [4.78, 5) is 18.4. The number of hydrogen-bond donors (Lipinski definition) is 1. The molecule has 1 aromatic carbocycles. The molecule has 3 heterocycles. The summed E-state index contributed by atoms with van der Waals surface area (Å²) in [6.07, 6.45) is 8.98. The third-order valence-electron chi connectivity index (χ3n) is 7.25. The first-order valence-corrected chi connectivity index (χ1v) is 12.2. The number of sulfone groups is 1. The molecule has 30 heavy (non-hydrogen) atoms. The lowest BCUT2D eigenvalue weighted by Crippen LogP contribution is -2.60. The molecule has 3 fully saturated rings. The molecule has 156 valence electrons. The van der Waals surface area contributed by atoms with Gasteiger partial charge in [-0.1, -0.05) is 6.42 Å². The van der Waals surface area contributed by atoms with Crippen LogP contribution >= 0.6 is 0 Å². The van der Waals surface area contributed by atoms with E-state index in [4.69, 9.17) is 0 Å². The van der Waals surface area contributed by atoms with Gasteiger partial charge in [-0.3, -0.25) is 4.79 Å². The van der Waals surface area contributed by atoms with Crippen LogP contribution < -0.4 is 10.5 Å². The van der Waals surface area contributed by atoms with E-state index in [2.05, 4.69) is 9.88 Å². The number of hydrogen-bond acceptors (Lipinski definition) is 4. The predicted molar refractivity (Wildman–Crippen MR) is 118 cm³/mol. The maximum absolute atomic E-state index is 13.0. The fourth-order valence-corrected chi connectivity index (χ4v) is 6.85. The zero-order valence-corrected chi connectivity index (χ0v) is 17.8. The van der Waals surface area contributed by atoms with Gasteiger partial charge in [0.25, 0.3) is 5.56 Å². The second kappa shape index (κ2) is 6.00. The van der Waals surface area contributed by atoms with Crippen LogP contribution in [0, 0.1) is 5.41 Å². The smallest absolute Gasteiger partial charge is 0.274 e. The Morgan fingerprint density at radius 2 is 1.87 bits per heavy atom. The summed E-state index contributed by atoms with van der Waals surface area (Å²) < 4.78 is 27.5. The van der Waals surface area contributed by atoms with Gasteiger partial charge in [-0.05, 0) is 49.9 Å². The van der Waals surface area contributed by atoms with E-state index in [9.17, 15) is 13.2 Å². The van der Waals surface area contributed by atoms with E-state index in [-0.39, 0.29) is 10.8 Å². The number of nitrogens with zero attached hydrogens (tertiary/aromatic N) is 2. The van der Waals surface area contributed by atoms with Gasteiger partial charge in [0.1, 0.15) is 5.52 Å². The van der Waals surface area contributed by atoms with Gasteiger partial charge >= 0.3 is 0 Å². The van der Waals surface area contributed by atoms with Crippen LogP contribution in [-0.4, -0.2) is 36.3 Å². The van der Waals surface area contributed by atoms with Crippen molar-refractivity contribution in [2.45, 2.75) is 42.2 Å². The fraction of sp³-hybridized carbons (Fsp3) is 0.435. The SMILES string of the molecule is Cn1cc(-c2cc(S(=O)(=O)C3CC3)ccc2N2CC3(CCC3)C2)c2cc[nH]c2c1=O. The summed E-state index contributed by atoms with van der Waals surface area (Å²) in [5, 5.41) is 0.588. The molecule has 1 N–H and O–H groups in total. The van der Waals surface area contributed by atoms with Gasteiger partial charge in [-0.25, -0.2) is 8.42 Å². The minimum absolute atomic E-state index is 0.0839. The van der Waals surface area contributed by atoms with Crippen LogP contribution in [0.4, 0.5) is 5.69 Å². The number of pyridine rings is 1. The monoisotopic (exact) mass is 423 g/mol. The summed E-state index contributed by atoms with van der Waals surface area (Å²) >= 11 is 0. The lowest BCUT2D eigenvalue weighted by atomic mass is 9.63. The van der Waals surface area contributed by atoms with E-state index in [0.29, 0.717) is 15.8 Å². The largest absolute Gasteiger partial charge is 0.370 e. The van der Waals surface area contributed by atoms with Crippen LogP contribution in [0.1, 0.15) is 32.1 Å². The Kier molecular flexibility index (Phi) is 3.65. The molecule has 3 aromatic rings. The molecule has 0 radical (unpaired) electrons. The van der Waals surface area contributed by atoms with Crippen molar-refractivity contribution in [1.29, 1.82) is 0 Å². The maximum Gasteiger partial charge on any atom is 0.274 e. The number of nitrogens with one attached hydrogen (secondary N) is 1. The Hall–Kier alpha value is -2.54. The van der Waals surface area contributed by atoms with Gasteiger partial charge in [0.2, 0.25) is 0 Å². The van der Waals surface area contributed by atoms with Crippen molar-refractivity contribution in [3.63, 3.8) is 0 Å². The number of fused-ring (bicyclic) bond motifs is 1. The van der Waals surface area contributed by atoms with Gasteiger partial charge < -0.3 is 14.5 Å². The molecule has 0 atom stereocenters. The van der Waals surface area contributed by atoms with Gasteiger partial charge in [0, 0.05) is 60.1 Å². The van der Waals surface area contributed by atoms with Crippen molar-refractivity contribution in [2.24, 2.45) is 12.5 Å². The number of benzene rings is 1. The Morgan fingerprint density at radius 3 is 2.53 bits per heavy atom. The first-order chi connectivity index (χ1) is 14.4.